The third-order valence-corrected chi connectivity index (χ3v) is 4.13. The van der Waals surface area contributed by atoms with Gasteiger partial charge in [-0.3, -0.25) is 4.79 Å². The predicted molar refractivity (Wildman–Crippen MR) is 84.6 cm³/mol. The second-order valence-corrected chi connectivity index (χ2v) is 6.15. The number of aryl methyl sites for hydroxylation is 1. The van der Waals surface area contributed by atoms with Crippen molar-refractivity contribution in [2.45, 2.75) is 53.0 Å². The fourth-order valence-electron chi connectivity index (χ4n) is 2.42. The Morgan fingerprint density at radius 1 is 1.43 bits per heavy atom. The van der Waals surface area contributed by atoms with Crippen LogP contribution in [0.2, 0.25) is 0 Å². The Labute approximate surface area is 127 Å². The average Bonchev–Trinajstić information content (AvgIpc) is 2.47. The molecule has 1 aliphatic heterocycles. The smallest absolute Gasteiger partial charge is 0.270 e. The largest absolute Gasteiger partial charge is 0.348 e. The van der Waals surface area contributed by atoms with Crippen molar-refractivity contribution in [3.05, 3.63) is 17.5 Å². The molecule has 1 amide bonds. The molecule has 5 heteroatoms. The molecule has 116 valence electrons. The van der Waals surface area contributed by atoms with Gasteiger partial charge in [0.25, 0.3) is 5.91 Å². The van der Waals surface area contributed by atoms with Gasteiger partial charge in [-0.1, -0.05) is 13.8 Å². The van der Waals surface area contributed by atoms with Gasteiger partial charge in [-0.25, -0.2) is 9.97 Å². The second-order valence-electron chi connectivity index (χ2n) is 6.15. The Hall–Kier alpha value is -1.65. The zero-order valence-corrected chi connectivity index (χ0v) is 13.5. The molecule has 21 heavy (non-hydrogen) atoms. The van der Waals surface area contributed by atoms with Crippen molar-refractivity contribution >= 4 is 11.9 Å². The van der Waals surface area contributed by atoms with E-state index in [2.05, 4.69) is 34.0 Å². The summed E-state index contributed by atoms with van der Waals surface area (Å²) in [6.45, 7) is 10.2. The molecule has 1 aliphatic rings. The van der Waals surface area contributed by atoms with E-state index in [1.54, 1.807) is 6.07 Å². The van der Waals surface area contributed by atoms with Gasteiger partial charge in [-0.15, -0.1) is 0 Å². The zero-order chi connectivity index (χ0) is 15.4. The van der Waals surface area contributed by atoms with Crippen molar-refractivity contribution in [1.82, 2.24) is 15.3 Å². The monoisotopic (exact) mass is 290 g/mol. The predicted octanol–water partition coefficient (Wildman–Crippen LogP) is 2.55. The van der Waals surface area contributed by atoms with Crippen LogP contribution < -0.4 is 10.2 Å². The molecule has 2 heterocycles. The van der Waals surface area contributed by atoms with Gasteiger partial charge < -0.3 is 10.2 Å². The summed E-state index contributed by atoms with van der Waals surface area (Å²) < 4.78 is 0. The molecule has 1 aromatic rings. The molecule has 0 aromatic carbocycles. The highest BCUT2D eigenvalue weighted by atomic mass is 16.1. The molecule has 1 unspecified atom stereocenters. The third-order valence-electron chi connectivity index (χ3n) is 4.13. The number of amides is 1. The van der Waals surface area contributed by atoms with Gasteiger partial charge in [0.2, 0.25) is 5.95 Å². The van der Waals surface area contributed by atoms with Crippen LogP contribution in [-0.4, -0.2) is 35.0 Å². The number of nitrogens with zero attached hydrogens (tertiary/aromatic N) is 3. The first kappa shape index (κ1) is 15.7. The maximum Gasteiger partial charge on any atom is 0.270 e. The molecule has 1 saturated heterocycles. The number of piperidine rings is 1. The van der Waals surface area contributed by atoms with E-state index < -0.39 is 0 Å². The molecule has 1 N–H and O–H groups in total. The highest BCUT2D eigenvalue weighted by Crippen LogP contribution is 2.20. The number of carbonyl (C=O) groups is 1. The Kier molecular flexibility index (Phi) is 5.15. The van der Waals surface area contributed by atoms with Gasteiger partial charge in [-0.2, -0.15) is 0 Å². The fraction of sp³-hybridized carbons (Fsp3) is 0.688. The van der Waals surface area contributed by atoms with Crippen molar-refractivity contribution in [3.8, 4) is 0 Å². The van der Waals surface area contributed by atoms with E-state index in [1.165, 1.54) is 0 Å². The summed E-state index contributed by atoms with van der Waals surface area (Å²) in [5.74, 6) is 1.34. The number of hydrogen-bond acceptors (Lipinski definition) is 4. The summed E-state index contributed by atoms with van der Waals surface area (Å²) in [6, 6.07) is 1.92. The third kappa shape index (κ3) is 4.16. The highest BCUT2D eigenvalue weighted by molar-refractivity contribution is 5.92. The van der Waals surface area contributed by atoms with Crippen LogP contribution in [0.1, 0.15) is 56.2 Å². The Bertz CT molecular complexity index is 495. The first-order valence-electron chi connectivity index (χ1n) is 7.91. The molecule has 1 atom stereocenters. The number of anilines is 1. The minimum absolute atomic E-state index is 0.110. The molecule has 0 bridgehead atoms. The maximum atomic E-state index is 12.2. The molecule has 0 aliphatic carbocycles. The first-order chi connectivity index (χ1) is 9.99. The molecular weight excluding hydrogens is 264 g/mol. The Balaban J connectivity index is 2.15. The molecule has 0 spiro atoms. The lowest BCUT2D eigenvalue weighted by molar-refractivity contribution is 0.0934. The van der Waals surface area contributed by atoms with E-state index in [0.717, 1.165) is 44.0 Å². The zero-order valence-electron chi connectivity index (χ0n) is 13.5. The fourth-order valence-corrected chi connectivity index (χ4v) is 2.42. The maximum absolute atomic E-state index is 12.2. The number of hydrogen-bond donors (Lipinski definition) is 1. The van der Waals surface area contributed by atoms with Crippen LogP contribution in [0.5, 0.6) is 0 Å². The van der Waals surface area contributed by atoms with Gasteiger partial charge in [0.05, 0.1) is 0 Å². The molecule has 0 saturated carbocycles. The van der Waals surface area contributed by atoms with Crippen LogP contribution in [0.3, 0.4) is 0 Å². The average molecular weight is 290 g/mol. The van der Waals surface area contributed by atoms with E-state index in [9.17, 15) is 4.79 Å². The molecule has 1 fully saturated rings. The van der Waals surface area contributed by atoms with E-state index in [1.807, 2.05) is 13.8 Å². The summed E-state index contributed by atoms with van der Waals surface area (Å²) in [6.07, 6.45) is 3.23. The molecule has 5 nitrogen and oxygen atoms in total. The van der Waals surface area contributed by atoms with Crippen molar-refractivity contribution in [2.75, 3.05) is 18.0 Å². The summed E-state index contributed by atoms with van der Waals surface area (Å²) in [5, 5.41) is 2.96. The van der Waals surface area contributed by atoms with E-state index >= 15 is 0 Å². The van der Waals surface area contributed by atoms with Gasteiger partial charge in [0, 0.05) is 24.8 Å². The van der Waals surface area contributed by atoms with Crippen LogP contribution >= 0.6 is 0 Å². The van der Waals surface area contributed by atoms with Crippen molar-refractivity contribution < 1.29 is 4.79 Å². The number of carbonyl (C=O) groups excluding carboxylic acids is 1. The summed E-state index contributed by atoms with van der Waals surface area (Å²) in [7, 11) is 0. The second kappa shape index (κ2) is 6.87. The summed E-state index contributed by atoms with van der Waals surface area (Å²) >= 11 is 0. The standard InChI is InChI=1S/C16H26N4O/c1-5-12(3)17-15(21)14-10-13(4)18-16(19-14)20-8-6-11(2)7-9-20/h10-12H,5-9H2,1-4H3,(H,17,21). The number of aromatic nitrogens is 2. The van der Waals surface area contributed by atoms with Crippen molar-refractivity contribution in [2.24, 2.45) is 5.92 Å². The Morgan fingerprint density at radius 3 is 2.71 bits per heavy atom. The van der Waals surface area contributed by atoms with Crippen LogP contribution in [0, 0.1) is 12.8 Å². The van der Waals surface area contributed by atoms with Gasteiger partial charge >= 0.3 is 0 Å². The molecular formula is C16H26N4O. The minimum Gasteiger partial charge on any atom is -0.348 e. The van der Waals surface area contributed by atoms with Gasteiger partial charge in [-0.05, 0) is 45.1 Å². The topological polar surface area (TPSA) is 58.1 Å². The number of nitrogens with one attached hydrogen (secondary N) is 1. The molecule has 2 rings (SSSR count). The van der Waals surface area contributed by atoms with Gasteiger partial charge in [0.15, 0.2) is 0 Å². The van der Waals surface area contributed by atoms with Crippen LogP contribution in [-0.2, 0) is 0 Å². The van der Waals surface area contributed by atoms with Crippen LogP contribution in [0.15, 0.2) is 6.07 Å². The van der Waals surface area contributed by atoms with Crippen molar-refractivity contribution in [3.63, 3.8) is 0 Å². The van der Waals surface area contributed by atoms with Crippen molar-refractivity contribution in [1.29, 1.82) is 0 Å². The first-order valence-corrected chi connectivity index (χ1v) is 7.91. The van der Waals surface area contributed by atoms with Crippen LogP contribution in [0.4, 0.5) is 5.95 Å². The van der Waals surface area contributed by atoms with Gasteiger partial charge in [0.1, 0.15) is 5.69 Å². The lowest BCUT2D eigenvalue weighted by atomic mass is 10.00. The van der Waals surface area contributed by atoms with Crippen LogP contribution in [0.25, 0.3) is 0 Å². The SMILES string of the molecule is CCC(C)NC(=O)c1cc(C)nc(N2CCC(C)CC2)n1. The normalized spacial score (nSPS) is 17.6. The quantitative estimate of drug-likeness (QED) is 0.926. The lowest BCUT2D eigenvalue weighted by Gasteiger charge is -2.30. The molecule has 1 aromatic heterocycles. The van der Waals surface area contributed by atoms with E-state index in [4.69, 9.17) is 0 Å². The number of rotatable bonds is 4. The minimum atomic E-state index is -0.110. The summed E-state index contributed by atoms with van der Waals surface area (Å²) in [4.78, 5) is 23.4. The highest BCUT2D eigenvalue weighted by Gasteiger charge is 2.20. The summed E-state index contributed by atoms with van der Waals surface area (Å²) in [5.41, 5.74) is 1.31. The van der Waals surface area contributed by atoms with E-state index in [-0.39, 0.29) is 11.9 Å². The van der Waals surface area contributed by atoms with E-state index in [0.29, 0.717) is 11.6 Å². The Morgan fingerprint density at radius 2 is 2.10 bits per heavy atom. The lowest BCUT2D eigenvalue weighted by Crippen LogP contribution is -2.36. The molecule has 0 radical (unpaired) electrons.